The van der Waals surface area contributed by atoms with Gasteiger partial charge in [-0.25, -0.2) is 4.79 Å². The molecule has 0 aliphatic carbocycles. The van der Waals surface area contributed by atoms with Gasteiger partial charge in [0, 0.05) is 40.0 Å². The molecule has 0 rings (SSSR count). The Bertz CT molecular complexity index is 319. The number of amides is 3. The Morgan fingerprint density at radius 1 is 0.900 bits per heavy atom. The molecule has 0 radical (unpaired) electrons. The third-order valence-corrected chi connectivity index (χ3v) is 2.73. The van der Waals surface area contributed by atoms with E-state index in [1.165, 1.54) is 4.90 Å². The molecule has 7 heteroatoms. The number of aliphatic carboxylic acids is 1. The Morgan fingerprint density at radius 3 is 2.10 bits per heavy atom. The van der Waals surface area contributed by atoms with Gasteiger partial charge in [0.25, 0.3) is 0 Å². The number of nitrogens with zero attached hydrogens (tertiary/aromatic N) is 1. The molecule has 116 valence electrons. The van der Waals surface area contributed by atoms with Crippen LogP contribution in [-0.4, -0.2) is 55.1 Å². The summed E-state index contributed by atoms with van der Waals surface area (Å²) in [7, 11) is 3.35. The van der Waals surface area contributed by atoms with E-state index in [4.69, 9.17) is 5.11 Å². The molecule has 0 spiro atoms. The van der Waals surface area contributed by atoms with E-state index in [1.807, 2.05) is 0 Å². The average Bonchev–Trinajstić information content (AvgIpc) is 2.36. The maximum absolute atomic E-state index is 11.3. The number of carboxylic acids is 1. The van der Waals surface area contributed by atoms with Gasteiger partial charge in [-0.05, 0) is 12.8 Å². The first-order valence-electron chi connectivity index (χ1n) is 6.87. The molecule has 0 heterocycles. The zero-order valence-corrected chi connectivity index (χ0v) is 12.3. The summed E-state index contributed by atoms with van der Waals surface area (Å²) in [6, 6.07) is -0.276. The van der Waals surface area contributed by atoms with Crippen molar-refractivity contribution in [3.8, 4) is 0 Å². The molecule has 3 amide bonds. The third kappa shape index (κ3) is 11.3. The summed E-state index contributed by atoms with van der Waals surface area (Å²) >= 11 is 0. The maximum atomic E-state index is 11.3. The Morgan fingerprint density at radius 2 is 1.50 bits per heavy atom. The van der Waals surface area contributed by atoms with E-state index in [0.717, 1.165) is 19.3 Å². The smallest absolute Gasteiger partial charge is 0.314 e. The molecule has 7 nitrogen and oxygen atoms in total. The SMILES string of the molecule is CN(C)C(=O)CCNC(=O)NCCCCCCC(=O)O. The Balaban J connectivity index is 3.37. The number of unbranched alkanes of at least 4 members (excludes halogenated alkanes) is 3. The summed E-state index contributed by atoms with van der Waals surface area (Å²) in [5.41, 5.74) is 0. The summed E-state index contributed by atoms with van der Waals surface area (Å²) in [5.74, 6) is -0.793. The van der Waals surface area contributed by atoms with Crippen LogP contribution >= 0.6 is 0 Å². The van der Waals surface area contributed by atoms with Gasteiger partial charge in [-0.3, -0.25) is 9.59 Å². The van der Waals surface area contributed by atoms with Gasteiger partial charge in [-0.1, -0.05) is 12.8 Å². The van der Waals surface area contributed by atoms with Crippen LogP contribution in [0.25, 0.3) is 0 Å². The second kappa shape index (κ2) is 11.1. The minimum absolute atomic E-state index is 0.0243. The van der Waals surface area contributed by atoms with E-state index in [0.29, 0.717) is 19.5 Å². The number of urea groups is 1. The van der Waals surface area contributed by atoms with Gasteiger partial charge in [0.2, 0.25) is 5.91 Å². The number of carbonyl (C=O) groups is 3. The van der Waals surface area contributed by atoms with Gasteiger partial charge < -0.3 is 20.6 Å². The highest BCUT2D eigenvalue weighted by molar-refractivity contribution is 5.77. The van der Waals surface area contributed by atoms with Crippen LogP contribution in [0.1, 0.15) is 38.5 Å². The fourth-order valence-electron chi connectivity index (χ4n) is 1.53. The Labute approximate surface area is 119 Å². The van der Waals surface area contributed by atoms with Crippen LogP contribution < -0.4 is 10.6 Å². The largest absolute Gasteiger partial charge is 0.481 e. The minimum atomic E-state index is -0.769. The van der Waals surface area contributed by atoms with E-state index >= 15 is 0 Å². The van der Waals surface area contributed by atoms with Crippen LogP contribution in [0.5, 0.6) is 0 Å². The van der Waals surface area contributed by atoms with Crippen molar-refractivity contribution in [3.63, 3.8) is 0 Å². The molecule has 0 unspecified atom stereocenters. The molecule has 20 heavy (non-hydrogen) atoms. The summed E-state index contributed by atoms with van der Waals surface area (Å²) in [5, 5.41) is 13.8. The number of rotatable bonds is 10. The van der Waals surface area contributed by atoms with Crippen molar-refractivity contribution in [2.75, 3.05) is 27.2 Å². The van der Waals surface area contributed by atoms with Crippen molar-refractivity contribution in [1.29, 1.82) is 0 Å². The highest BCUT2D eigenvalue weighted by Crippen LogP contribution is 2.01. The van der Waals surface area contributed by atoms with Gasteiger partial charge in [0.05, 0.1) is 0 Å². The van der Waals surface area contributed by atoms with Crippen LogP contribution in [0.2, 0.25) is 0 Å². The third-order valence-electron chi connectivity index (χ3n) is 2.73. The van der Waals surface area contributed by atoms with Crippen LogP contribution in [0.4, 0.5) is 4.79 Å². The van der Waals surface area contributed by atoms with Crippen molar-refractivity contribution >= 4 is 17.9 Å². The first-order valence-corrected chi connectivity index (χ1v) is 6.87. The zero-order chi connectivity index (χ0) is 15.4. The van der Waals surface area contributed by atoms with Crippen LogP contribution in [-0.2, 0) is 9.59 Å². The first-order chi connectivity index (χ1) is 9.43. The van der Waals surface area contributed by atoms with E-state index < -0.39 is 5.97 Å². The number of nitrogens with one attached hydrogen (secondary N) is 2. The monoisotopic (exact) mass is 287 g/mol. The van der Waals surface area contributed by atoms with Crippen molar-refractivity contribution in [2.24, 2.45) is 0 Å². The van der Waals surface area contributed by atoms with Gasteiger partial charge in [-0.15, -0.1) is 0 Å². The van der Waals surface area contributed by atoms with Gasteiger partial charge in [-0.2, -0.15) is 0 Å². The molecular weight excluding hydrogens is 262 g/mol. The van der Waals surface area contributed by atoms with Crippen LogP contribution in [0, 0.1) is 0 Å². The molecule has 0 aliphatic heterocycles. The maximum Gasteiger partial charge on any atom is 0.314 e. The molecular formula is C13H25N3O4. The molecule has 0 saturated heterocycles. The van der Waals surface area contributed by atoms with Crippen molar-refractivity contribution in [3.05, 3.63) is 0 Å². The van der Waals surface area contributed by atoms with Gasteiger partial charge in [0.1, 0.15) is 0 Å². The van der Waals surface area contributed by atoms with E-state index in [9.17, 15) is 14.4 Å². The standard InChI is InChI=1S/C13H25N3O4/c1-16(2)11(17)8-10-15-13(20)14-9-6-4-3-5-7-12(18)19/h3-10H2,1-2H3,(H,18,19)(H2,14,15,20). The highest BCUT2D eigenvalue weighted by Gasteiger charge is 2.04. The zero-order valence-electron chi connectivity index (χ0n) is 12.3. The summed E-state index contributed by atoms with van der Waals surface area (Å²) in [4.78, 5) is 34.4. The molecule has 3 N–H and O–H groups in total. The second-order valence-electron chi connectivity index (χ2n) is 4.78. The molecule has 0 atom stereocenters. The normalized spacial score (nSPS) is 9.90. The number of hydrogen-bond donors (Lipinski definition) is 3. The molecule has 0 bridgehead atoms. The first kappa shape index (κ1) is 18.2. The number of hydrogen-bond acceptors (Lipinski definition) is 3. The topological polar surface area (TPSA) is 98.7 Å². The highest BCUT2D eigenvalue weighted by atomic mass is 16.4. The van der Waals surface area contributed by atoms with Gasteiger partial charge in [0.15, 0.2) is 0 Å². The predicted octanol–water partition coefficient (Wildman–Crippen LogP) is 0.799. The van der Waals surface area contributed by atoms with E-state index in [1.54, 1.807) is 14.1 Å². The van der Waals surface area contributed by atoms with Crippen LogP contribution in [0.3, 0.4) is 0 Å². The quantitative estimate of drug-likeness (QED) is 0.517. The molecule has 0 aromatic heterocycles. The summed E-state index contributed by atoms with van der Waals surface area (Å²) in [6.07, 6.45) is 3.74. The fraction of sp³-hybridized carbons (Fsp3) is 0.769. The lowest BCUT2D eigenvalue weighted by Gasteiger charge is -2.11. The number of carboxylic acid groups (broad SMARTS) is 1. The number of carbonyl (C=O) groups excluding carboxylic acids is 2. The lowest BCUT2D eigenvalue weighted by atomic mass is 10.1. The molecule has 0 aliphatic rings. The molecule has 0 fully saturated rings. The lowest BCUT2D eigenvalue weighted by molar-refractivity contribution is -0.137. The Hall–Kier alpha value is -1.79. The van der Waals surface area contributed by atoms with Crippen LogP contribution in [0.15, 0.2) is 0 Å². The lowest BCUT2D eigenvalue weighted by Crippen LogP contribution is -2.38. The molecule has 0 aromatic carbocycles. The molecule has 0 saturated carbocycles. The van der Waals surface area contributed by atoms with Crippen molar-refractivity contribution < 1.29 is 19.5 Å². The fourth-order valence-corrected chi connectivity index (χ4v) is 1.53. The Kier molecular flexibility index (Phi) is 10.1. The second-order valence-corrected chi connectivity index (χ2v) is 4.78. The summed E-state index contributed by atoms with van der Waals surface area (Å²) in [6.45, 7) is 0.877. The minimum Gasteiger partial charge on any atom is -0.481 e. The van der Waals surface area contributed by atoms with Crippen molar-refractivity contribution in [2.45, 2.75) is 38.5 Å². The van der Waals surface area contributed by atoms with Crippen molar-refractivity contribution in [1.82, 2.24) is 15.5 Å². The summed E-state index contributed by atoms with van der Waals surface area (Å²) < 4.78 is 0. The van der Waals surface area contributed by atoms with E-state index in [-0.39, 0.29) is 24.8 Å². The predicted molar refractivity (Wildman–Crippen MR) is 75.4 cm³/mol. The van der Waals surface area contributed by atoms with Gasteiger partial charge >= 0.3 is 12.0 Å². The molecule has 0 aromatic rings. The van der Waals surface area contributed by atoms with E-state index in [2.05, 4.69) is 10.6 Å². The average molecular weight is 287 g/mol.